The van der Waals surface area contributed by atoms with Crippen molar-refractivity contribution in [2.75, 3.05) is 14.1 Å². The van der Waals surface area contributed by atoms with Gasteiger partial charge in [-0.25, -0.2) is 9.97 Å². The molecule has 0 amide bonds. The third-order valence-electron chi connectivity index (χ3n) is 3.78. The van der Waals surface area contributed by atoms with Gasteiger partial charge in [0.2, 0.25) is 0 Å². The first-order chi connectivity index (χ1) is 8.29. The third-order valence-corrected chi connectivity index (χ3v) is 3.78. The maximum atomic E-state index is 4.28. The summed E-state index contributed by atoms with van der Waals surface area (Å²) in [7, 11) is 4.27. The first-order valence-corrected chi connectivity index (χ1v) is 6.42. The summed E-state index contributed by atoms with van der Waals surface area (Å²) >= 11 is 0. The van der Waals surface area contributed by atoms with E-state index in [-0.39, 0.29) is 0 Å². The second kappa shape index (κ2) is 6.07. The number of nitrogens with one attached hydrogen (secondary N) is 1. The van der Waals surface area contributed by atoms with E-state index < -0.39 is 0 Å². The number of hydrogen-bond acceptors (Lipinski definition) is 4. The van der Waals surface area contributed by atoms with Crippen LogP contribution in [0.3, 0.4) is 0 Å². The monoisotopic (exact) mass is 234 g/mol. The van der Waals surface area contributed by atoms with Crippen molar-refractivity contribution >= 4 is 0 Å². The van der Waals surface area contributed by atoms with Crippen LogP contribution in [0.15, 0.2) is 18.6 Å². The summed E-state index contributed by atoms with van der Waals surface area (Å²) in [6.45, 7) is 0.928. The van der Waals surface area contributed by atoms with Crippen LogP contribution in [0, 0.1) is 0 Å². The van der Waals surface area contributed by atoms with Crippen LogP contribution < -0.4 is 5.32 Å². The average molecular weight is 234 g/mol. The number of nitrogens with zero attached hydrogens (tertiary/aromatic N) is 3. The number of hydrogen-bond donors (Lipinski definition) is 1. The van der Waals surface area contributed by atoms with Gasteiger partial charge in [-0.2, -0.15) is 0 Å². The fraction of sp³-hybridized carbons (Fsp3) is 0.692. The highest BCUT2D eigenvalue weighted by atomic mass is 15.1. The van der Waals surface area contributed by atoms with Crippen LogP contribution in [0.4, 0.5) is 0 Å². The molecule has 2 rings (SSSR count). The maximum Gasteiger partial charge on any atom is 0.115 e. The summed E-state index contributed by atoms with van der Waals surface area (Å²) in [6, 6.07) is 3.42. The standard InChI is InChI=1S/C13H22N4/c1-14-11-3-5-13(6-4-11)17(2)9-12-7-8-15-10-16-12/h7-8,10-11,13-14H,3-6,9H2,1-2H3. The molecule has 1 aliphatic carbocycles. The lowest BCUT2D eigenvalue weighted by atomic mass is 9.90. The predicted octanol–water partition coefficient (Wildman–Crippen LogP) is 1.44. The highest BCUT2D eigenvalue weighted by Crippen LogP contribution is 2.22. The molecule has 1 N–H and O–H groups in total. The van der Waals surface area contributed by atoms with Crippen molar-refractivity contribution in [1.82, 2.24) is 20.2 Å². The van der Waals surface area contributed by atoms with Gasteiger partial charge in [-0.05, 0) is 45.8 Å². The molecule has 1 aliphatic rings. The van der Waals surface area contributed by atoms with Crippen LogP contribution in [-0.2, 0) is 6.54 Å². The lowest BCUT2D eigenvalue weighted by Gasteiger charge is -2.34. The normalized spacial score (nSPS) is 25.1. The zero-order valence-corrected chi connectivity index (χ0v) is 10.8. The van der Waals surface area contributed by atoms with Crippen molar-refractivity contribution in [2.24, 2.45) is 0 Å². The van der Waals surface area contributed by atoms with E-state index >= 15 is 0 Å². The van der Waals surface area contributed by atoms with Crippen LogP contribution in [0.2, 0.25) is 0 Å². The molecule has 0 unspecified atom stereocenters. The molecule has 17 heavy (non-hydrogen) atoms. The van der Waals surface area contributed by atoms with Crippen LogP contribution in [0.25, 0.3) is 0 Å². The first-order valence-electron chi connectivity index (χ1n) is 6.42. The molecule has 0 atom stereocenters. The molecule has 1 aromatic rings. The maximum absolute atomic E-state index is 4.28. The van der Waals surface area contributed by atoms with Gasteiger partial charge in [0, 0.05) is 24.8 Å². The largest absolute Gasteiger partial charge is 0.317 e. The van der Waals surface area contributed by atoms with E-state index in [4.69, 9.17) is 0 Å². The van der Waals surface area contributed by atoms with E-state index in [1.807, 2.05) is 12.3 Å². The van der Waals surface area contributed by atoms with Gasteiger partial charge in [0.1, 0.15) is 6.33 Å². The molecular formula is C13H22N4. The zero-order valence-electron chi connectivity index (χ0n) is 10.8. The Morgan fingerprint density at radius 1 is 1.35 bits per heavy atom. The number of rotatable bonds is 4. The second-order valence-electron chi connectivity index (χ2n) is 4.91. The van der Waals surface area contributed by atoms with Gasteiger partial charge in [-0.1, -0.05) is 0 Å². The molecule has 1 fully saturated rings. The molecule has 0 spiro atoms. The van der Waals surface area contributed by atoms with Gasteiger partial charge >= 0.3 is 0 Å². The van der Waals surface area contributed by atoms with E-state index in [0.29, 0.717) is 6.04 Å². The molecule has 0 aromatic carbocycles. The quantitative estimate of drug-likeness (QED) is 0.856. The molecule has 0 aliphatic heterocycles. The van der Waals surface area contributed by atoms with Gasteiger partial charge in [0.15, 0.2) is 0 Å². The molecule has 4 heteroatoms. The van der Waals surface area contributed by atoms with Crippen LogP contribution in [0.1, 0.15) is 31.4 Å². The van der Waals surface area contributed by atoms with E-state index in [0.717, 1.165) is 18.3 Å². The summed E-state index contributed by atoms with van der Waals surface area (Å²) < 4.78 is 0. The summed E-state index contributed by atoms with van der Waals surface area (Å²) in [5, 5.41) is 3.37. The Hall–Kier alpha value is -1.00. The number of aromatic nitrogens is 2. The second-order valence-corrected chi connectivity index (χ2v) is 4.91. The highest BCUT2D eigenvalue weighted by Gasteiger charge is 2.23. The van der Waals surface area contributed by atoms with E-state index in [1.54, 1.807) is 6.33 Å². The predicted molar refractivity (Wildman–Crippen MR) is 68.6 cm³/mol. The fourth-order valence-corrected chi connectivity index (χ4v) is 2.60. The molecular weight excluding hydrogens is 212 g/mol. The third kappa shape index (κ3) is 3.48. The van der Waals surface area contributed by atoms with E-state index in [2.05, 4.69) is 34.3 Å². The molecule has 0 radical (unpaired) electrons. The Balaban J connectivity index is 1.83. The zero-order chi connectivity index (χ0) is 12.1. The molecule has 1 aromatic heterocycles. The molecule has 0 bridgehead atoms. The van der Waals surface area contributed by atoms with E-state index in [1.165, 1.54) is 25.7 Å². The lowest BCUT2D eigenvalue weighted by molar-refractivity contribution is 0.168. The highest BCUT2D eigenvalue weighted by molar-refractivity contribution is 4.98. The molecule has 1 saturated carbocycles. The van der Waals surface area contributed by atoms with Crippen molar-refractivity contribution in [2.45, 2.75) is 44.3 Å². The van der Waals surface area contributed by atoms with Crippen molar-refractivity contribution in [1.29, 1.82) is 0 Å². The summed E-state index contributed by atoms with van der Waals surface area (Å²) in [4.78, 5) is 10.7. The fourth-order valence-electron chi connectivity index (χ4n) is 2.60. The SMILES string of the molecule is CNC1CCC(N(C)Cc2ccncn2)CC1. The molecule has 0 saturated heterocycles. The van der Waals surface area contributed by atoms with Gasteiger partial charge in [-0.15, -0.1) is 0 Å². The van der Waals surface area contributed by atoms with Crippen molar-refractivity contribution in [3.63, 3.8) is 0 Å². The summed E-state index contributed by atoms with van der Waals surface area (Å²) in [5.74, 6) is 0. The van der Waals surface area contributed by atoms with Crippen LogP contribution in [0.5, 0.6) is 0 Å². The first kappa shape index (κ1) is 12.5. The molecule has 4 nitrogen and oxygen atoms in total. The van der Waals surface area contributed by atoms with Crippen LogP contribution in [-0.4, -0.2) is 41.0 Å². The Morgan fingerprint density at radius 2 is 2.12 bits per heavy atom. The Labute approximate surface area is 103 Å². The minimum absolute atomic E-state index is 0.703. The van der Waals surface area contributed by atoms with Gasteiger partial charge in [0.25, 0.3) is 0 Å². The topological polar surface area (TPSA) is 41.0 Å². The Morgan fingerprint density at radius 3 is 2.71 bits per heavy atom. The van der Waals surface area contributed by atoms with Gasteiger partial charge < -0.3 is 5.32 Å². The van der Waals surface area contributed by atoms with Crippen molar-refractivity contribution in [3.8, 4) is 0 Å². The van der Waals surface area contributed by atoms with Crippen molar-refractivity contribution in [3.05, 3.63) is 24.3 Å². The summed E-state index contributed by atoms with van der Waals surface area (Å²) in [6.07, 6.45) is 8.58. The Kier molecular flexibility index (Phi) is 4.45. The summed E-state index contributed by atoms with van der Waals surface area (Å²) in [5.41, 5.74) is 1.11. The minimum Gasteiger partial charge on any atom is -0.317 e. The smallest absolute Gasteiger partial charge is 0.115 e. The average Bonchev–Trinajstić information content (AvgIpc) is 2.40. The van der Waals surface area contributed by atoms with E-state index in [9.17, 15) is 0 Å². The Bertz CT molecular complexity index is 319. The molecule has 94 valence electrons. The van der Waals surface area contributed by atoms with Crippen molar-refractivity contribution < 1.29 is 0 Å². The van der Waals surface area contributed by atoms with Gasteiger partial charge in [-0.3, -0.25) is 4.90 Å². The van der Waals surface area contributed by atoms with Crippen LogP contribution >= 0.6 is 0 Å². The lowest BCUT2D eigenvalue weighted by Crippen LogP contribution is -2.39. The minimum atomic E-state index is 0.703. The molecule has 1 heterocycles. The van der Waals surface area contributed by atoms with Gasteiger partial charge in [0.05, 0.1) is 5.69 Å².